The minimum Gasteiger partial charge on any atom is -0.497 e. The molecule has 2 aliphatic heterocycles. The molecule has 2 fully saturated rings. The van der Waals surface area contributed by atoms with Gasteiger partial charge in [-0.25, -0.2) is 9.48 Å². The summed E-state index contributed by atoms with van der Waals surface area (Å²) in [5.41, 5.74) is 1.26. The topological polar surface area (TPSA) is 79.7 Å². The summed E-state index contributed by atoms with van der Waals surface area (Å²) in [7, 11) is 1.62. The number of hydrogen-bond acceptors (Lipinski definition) is 4. The zero-order chi connectivity index (χ0) is 17.4. The molecule has 2 saturated heterocycles. The number of hydrogen-bond donors (Lipinski definition) is 1. The maximum atomic E-state index is 12.5. The highest BCUT2D eigenvalue weighted by Gasteiger charge is 2.39. The Morgan fingerprint density at radius 3 is 2.64 bits per heavy atom. The molecular weight excluding hydrogens is 322 g/mol. The standard InChI is InChI=1S/C17H19N5O3/c1-25-14-4-2-12(3-5-14)22-8-6-15(19-22)16(23)20-10-13(11-20)21-9-7-18-17(21)24/h2-6,8,13H,7,9-11H2,1H3,(H,18,24). The Morgan fingerprint density at radius 1 is 1.24 bits per heavy atom. The molecule has 130 valence electrons. The highest BCUT2D eigenvalue weighted by Crippen LogP contribution is 2.20. The summed E-state index contributed by atoms with van der Waals surface area (Å²) >= 11 is 0. The third-order valence-electron chi connectivity index (χ3n) is 4.63. The Hall–Kier alpha value is -3.03. The second-order valence-electron chi connectivity index (χ2n) is 6.13. The highest BCUT2D eigenvalue weighted by atomic mass is 16.5. The van der Waals surface area contributed by atoms with Crippen LogP contribution in [0.2, 0.25) is 0 Å². The van der Waals surface area contributed by atoms with Crippen LogP contribution in [-0.4, -0.2) is 70.8 Å². The normalized spacial score (nSPS) is 17.4. The van der Waals surface area contributed by atoms with Gasteiger partial charge in [-0.05, 0) is 30.3 Å². The smallest absolute Gasteiger partial charge is 0.317 e. The molecule has 2 aromatic rings. The molecule has 1 aromatic heterocycles. The number of urea groups is 1. The molecule has 0 atom stereocenters. The molecule has 0 saturated carbocycles. The molecule has 0 unspecified atom stereocenters. The van der Waals surface area contributed by atoms with Gasteiger partial charge in [-0.15, -0.1) is 0 Å². The number of carbonyl (C=O) groups is 2. The lowest BCUT2D eigenvalue weighted by Crippen LogP contribution is -2.61. The Morgan fingerprint density at radius 2 is 2.00 bits per heavy atom. The van der Waals surface area contributed by atoms with Crippen LogP contribution in [0.5, 0.6) is 5.75 Å². The Kier molecular flexibility index (Phi) is 3.79. The van der Waals surface area contributed by atoms with Crippen molar-refractivity contribution in [1.82, 2.24) is 24.9 Å². The first-order valence-corrected chi connectivity index (χ1v) is 8.19. The third-order valence-corrected chi connectivity index (χ3v) is 4.63. The first kappa shape index (κ1) is 15.5. The van der Waals surface area contributed by atoms with Gasteiger partial charge in [0.25, 0.3) is 5.91 Å². The van der Waals surface area contributed by atoms with Crippen LogP contribution in [-0.2, 0) is 0 Å². The summed E-state index contributed by atoms with van der Waals surface area (Å²) in [6.45, 7) is 2.50. The number of aromatic nitrogens is 2. The van der Waals surface area contributed by atoms with Crippen molar-refractivity contribution in [3.63, 3.8) is 0 Å². The second kappa shape index (κ2) is 6.12. The maximum Gasteiger partial charge on any atom is 0.317 e. The first-order valence-electron chi connectivity index (χ1n) is 8.19. The summed E-state index contributed by atoms with van der Waals surface area (Å²) in [5.74, 6) is 0.660. The van der Waals surface area contributed by atoms with E-state index in [4.69, 9.17) is 4.74 Å². The van der Waals surface area contributed by atoms with E-state index in [1.54, 1.807) is 33.9 Å². The highest BCUT2D eigenvalue weighted by molar-refractivity contribution is 5.93. The lowest BCUT2D eigenvalue weighted by Gasteiger charge is -2.43. The fourth-order valence-electron chi connectivity index (χ4n) is 3.13. The SMILES string of the molecule is COc1ccc(-n2ccc(C(=O)N3CC(N4CCNC4=O)C3)n2)cc1. The van der Waals surface area contributed by atoms with Crippen LogP contribution < -0.4 is 10.1 Å². The lowest BCUT2D eigenvalue weighted by atomic mass is 10.1. The number of benzene rings is 1. The predicted octanol–water partition coefficient (Wildman–Crippen LogP) is 0.730. The molecule has 8 nitrogen and oxygen atoms in total. The van der Waals surface area contributed by atoms with E-state index >= 15 is 0 Å². The van der Waals surface area contributed by atoms with Crippen molar-refractivity contribution in [3.05, 3.63) is 42.2 Å². The summed E-state index contributed by atoms with van der Waals surface area (Å²) in [5, 5.41) is 7.15. The van der Waals surface area contributed by atoms with Gasteiger partial charge < -0.3 is 19.9 Å². The minimum absolute atomic E-state index is 0.0408. The van der Waals surface area contributed by atoms with Crippen LogP contribution in [0.15, 0.2) is 36.5 Å². The molecule has 8 heteroatoms. The fraction of sp³-hybridized carbons (Fsp3) is 0.353. The summed E-state index contributed by atoms with van der Waals surface area (Å²) < 4.78 is 6.80. The number of methoxy groups -OCH3 is 1. The molecule has 1 N–H and O–H groups in total. The van der Waals surface area contributed by atoms with Crippen LogP contribution >= 0.6 is 0 Å². The number of carbonyl (C=O) groups excluding carboxylic acids is 2. The number of likely N-dealkylation sites (tertiary alicyclic amines) is 1. The molecule has 25 heavy (non-hydrogen) atoms. The molecule has 0 aliphatic carbocycles. The van der Waals surface area contributed by atoms with Crippen molar-refractivity contribution in [1.29, 1.82) is 0 Å². The molecule has 3 amide bonds. The van der Waals surface area contributed by atoms with Crippen LogP contribution in [0.3, 0.4) is 0 Å². The Balaban J connectivity index is 1.40. The molecule has 3 heterocycles. The van der Waals surface area contributed by atoms with Gasteiger partial charge in [0.15, 0.2) is 5.69 Å². The van der Waals surface area contributed by atoms with E-state index in [0.29, 0.717) is 31.9 Å². The quantitative estimate of drug-likeness (QED) is 0.889. The summed E-state index contributed by atoms with van der Waals surface area (Å²) in [6, 6.07) is 9.23. The van der Waals surface area contributed by atoms with Crippen molar-refractivity contribution in [2.75, 3.05) is 33.3 Å². The number of ether oxygens (including phenoxy) is 1. The zero-order valence-corrected chi connectivity index (χ0v) is 13.9. The first-order chi connectivity index (χ1) is 12.2. The molecule has 0 bridgehead atoms. The van der Waals surface area contributed by atoms with E-state index in [9.17, 15) is 9.59 Å². The van der Waals surface area contributed by atoms with Gasteiger partial charge in [0.1, 0.15) is 5.75 Å². The maximum absolute atomic E-state index is 12.5. The van der Waals surface area contributed by atoms with E-state index in [2.05, 4.69) is 10.4 Å². The van der Waals surface area contributed by atoms with Crippen molar-refractivity contribution in [3.8, 4) is 11.4 Å². The summed E-state index contributed by atoms with van der Waals surface area (Å²) in [6.07, 6.45) is 1.76. The third kappa shape index (κ3) is 2.79. The van der Waals surface area contributed by atoms with E-state index in [1.807, 2.05) is 24.3 Å². The molecule has 0 radical (unpaired) electrons. The Labute approximate surface area is 145 Å². The number of amides is 3. The van der Waals surface area contributed by atoms with Crippen LogP contribution in [0.4, 0.5) is 4.79 Å². The second-order valence-corrected chi connectivity index (χ2v) is 6.13. The van der Waals surface area contributed by atoms with E-state index in [1.165, 1.54) is 0 Å². The fourth-order valence-corrected chi connectivity index (χ4v) is 3.13. The van der Waals surface area contributed by atoms with Gasteiger partial charge in [0.2, 0.25) is 0 Å². The van der Waals surface area contributed by atoms with Gasteiger partial charge in [-0.2, -0.15) is 5.10 Å². The van der Waals surface area contributed by atoms with Crippen molar-refractivity contribution in [2.24, 2.45) is 0 Å². The van der Waals surface area contributed by atoms with Crippen LogP contribution in [0, 0.1) is 0 Å². The molecule has 0 spiro atoms. The summed E-state index contributed by atoms with van der Waals surface area (Å²) in [4.78, 5) is 27.7. The monoisotopic (exact) mass is 341 g/mol. The lowest BCUT2D eigenvalue weighted by molar-refractivity contribution is 0.0401. The van der Waals surface area contributed by atoms with Crippen molar-refractivity contribution < 1.29 is 14.3 Å². The van der Waals surface area contributed by atoms with Crippen LogP contribution in [0.25, 0.3) is 5.69 Å². The van der Waals surface area contributed by atoms with E-state index in [-0.39, 0.29) is 18.0 Å². The van der Waals surface area contributed by atoms with Crippen LogP contribution in [0.1, 0.15) is 10.5 Å². The number of rotatable bonds is 4. The number of nitrogens with zero attached hydrogens (tertiary/aromatic N) is 4. The molecule has 2 aliphatic rings. The van der Waals surface area contributed by atoms with Gasteiger partial charge >= 0.3 is 6.03 Å². The van der Waals surface area contributed by atoms with E-state index < -0.39 is 0 Å². The minimum atomic E-state index is -0.108. The Bertz CT molecular complexity index is 795. The average molecular weight is 341 g/mol. The largest absolute Gasteiger partial charge is 0.497 e. The molecular formula is C17H19N5O3. The molecule has 4 rings (SSSR count). The molecule has 1 aromatic carbocycles. The van der Waals surface area contributed by atoms with Gasteiger partial charge in [0, 0.05) is 32.4 Å². The van der Waals surface area contributed by atoms with Crippen molar-refractivity contribution in [2.45, 2.75) is 6.04 Å². The van der Waals surface area contributed by atoms with Gasteiger partial charge in [-0.3, -0.25) is 4.79 Å². The number of nitrogens with one attached hydrogen (secondary N) is 1. The zero-order valence-electron chi connectivity index (χ0n) is 13.9. The van der Waals surface area contributed by atoms with E-state index in [0.717, 1.165) is 11.4 Å². The van der Waals surface area contributed by atoms with Gasteiger partial charge in [-0.1, -0.05) is 0 Å². The van der Waals surface area contributed by atoms with Crippen molar-refractivity contribution >= 4 is 11.9 Å². The average Bonchev–Trinajstić information content (AvgIpc) is 3.23. The predicted molar refractivity (Wildman–Crippen MR) is 89.9 cm³/mol. The van der Waals surface area contributed by atoms with Gasteiger partial charge in [0.05, 0.1) is 18.8 Å².